The van der Waals surface area contributed by atoms with E-state index in [0.29, 0.717) is 5.92 Å². The standard InChI is InChI=1S/C12H16N4/c1-8(2)12-11(9(3)16(4)15-12)10-7-13-5-6-14-10/h5-8H,1-4H3. The van der Waals surface area contributed by atoms with Gasteiger partial charge in [0.2, 0.25) is 0 Å². The summed E-state index contributed by atoms with van der Waals surface area (Å²) >= 11 is 0. The second-order valence-corrected chi connectivity index (χ2v) is 4.21. The number of hydrogen-bond donors (Lipinski definition) is 0. The minimum Gasteiger partial charge on any atom is -0.272 e. The number of aryl methyl sites for hydroxylation is 1. The molecule has 0 N–H and O–H groups in total. The molecule has 0 fully saturated rings. The van der Waals surface area contributed by atoms with Gasteiger partial charge in [0.25, 0.3) is 0 Å². The van der Waals surface area contributed by atoms with E-state index in [2.05, 4.69) is 35.8 Å². The normalized spacial score (nSPS) is 11.1. The second-order valence-electron chi connectivity index (χ2n) is 4.21. The first-order valence-electron chi connectivity index (χ1n) is 5.41. The van der Waals surface area contributed by atoms with Gasteiger partial charge >= 0.3 is 0 Å². The fraction of sp³-hybridized carbons (Fsp3) is 0.417. The molecule has 2 aromatic rings. The monoisotopic (exact) mass is 216 g/mol. The van der Waals surface area contributed by atoms with E-state index in [0.717, 1.165) is 22.6 Å². The van der Waals surface area contributed by atoms with Crippen LogP contribution in [-0.2, 0) is 7.05 Å². The lowest BCUT2D eigenvalue weighted by atomic mass is 10.0. The molecule has 0 bridgehead atoms. The van der Waals surface area contributed by atoms with E-state index in [4.69, 9.17) is 0 Å². The fourth-order valence-electron chi connectivity index (χ4n) is 1.78. The van der Waals surface area contributed by atoms with Crippen LogP contribution >= 0.6 is 0 Å². The zero-order valence-electron chi connectivity index (χ0n) is 10.1. The van der Waals surface area contributed by atoms with E-state index >= 15 is 0 Å². The Kier molecular flexibility index (Phi) is 2.73. The minimum atomic E-state index is 0.386. The molecule has 0 aliphatic carbocycles. The van der Waals surface area contributed by atoms with Crippen molar-refractivity contribution in [2.75, 3.05) is 0 Å². The quantitative estimate of drug-likeness (QED) is 0.773. The molecule has 4 nitrogen and oxygen atoms in total. The summed E-state index contributed by atoms with van der Waals surface area (Å²) in [6, 6.07) is 0. The van der Waals surface area contributed by atoms with Crippen molar-refractivity contribution in [1.29, 1.82) is 0 Å². The highest BCUT2D eigenvalue weighted by Gasteiger charge is 2.18. The first-order valence-corrected chi connectivity index (χ1v) is 5.41. The Morgan fingerprint density at radius 3 is 2.56 bits per heavy atom. The van der Waals surface area contributed by atoms with Crippen molar-refractivity contribution < 1.29 is 0 Å². The first-order chi connectivity index (χ1) is 7.61. The minimum absolute atomic E-state index is 0.386. The molecule has 0 unspecified atom stereocenters. The number of aromatic nitrogens is 4. The third-order valence-corrected chi connectivity index (χ3v) is 2.73. The predicted octanol–water partition coefficient (Wildman–Crippen LogP) is 2.31. The van der Waals surface area contributed by atoms with Crippen molar-refractivity contribution in [3.63, 3.8) is 0 Å². The topological polar surface area (TPSA) is 43.6 Å². The summed E-state index contributed by atoms with van der Waals surface area (Å²) in [5, 5.41) is 4.53. The molecule has 0 aliphatic rings. The molecule has 0 aromatic carbocycles. The van der Waals surface area contributed by atoms with Gasteiger partial charge < -0.3 is 0 Å². The van der Waals surface area contributed by atoms with Gasteiger partial charge in [0.05, 0.1) is 17.6 Å². The highest BCUT2D eigenvalue weighted by Crippen LogP contribution is 2.29. The molecule has 2 aromatic heterocycles. The molecule has 4 heteroatoms. The van der Waals surface area contributed by atoms with Crippen molar-refractivity contribution in [1.82, 2.24) is 19.7 Å². The van der Waals surface area contributed by atoms with Crippen molar-refractivity contribution in [2.24, 2.45) is 7.05 Å². The SMILES string of the molecule is Cc1c(-c2cnccn2)c(C(C)C)nn1C. The highest BCUT2D eigenvalue weighted by molar-refractivity contribution is 5.64. The molecule has 0 amide bonds. The maximum atomic E-state index is 4.53. The summed E-state index contributed by atoms with van der Waals surface area (Å²) in [7, 11) is 1.96. The Hall–Kier alpha value is -1.71. The molecule has 0 aliphatic heterocycles. The molecular weight excluding hydrogens is 200 g/mol. The maximum Gasteiger partial charge on any atom is 0.0922 e. The third-order valence-electron chi connectivity index (χ3n) is 2.73. The average molecular weight is 216 g/mol. The van der Waals surface area contributed by atoms with Crippen molar-refractivity contribution in [3.05, 3.63) is 30.0 Å². The molecule has 0 atom stereocenters. The highest BCUT2D eigenvalue weighted by atomic mass is 15.3. The molecule has 0 radical (unpaired) electrons. The van der Waals surface area contributed by atoms with Crippen molar-refractivity contribution in [3.8, 4) is 11.3 Å². The van der Waals surface area contributed by atoms with E-state index in [1.165, 1.54) is 0 Å². The maximum absolute atomic E-state index is 4.53. The summed E-state index contributed by atoms with van der Waals surface area (Å²) in [4.78, 5) is 8.46. The Bertz CT molecular complexity index is 485. The van der Waals surface area contributed by atoms with Crippen LogP contribution in [0.15, 0.2) is 18.6 Å². The van der Waals surface area contributed by atoms with Crippen LogP contribution in [0, 0.1) is 6.92 Å². The Labute approximate surface area is 95.4 Å². The summed E-state index contributed by atoms with van der Waals surface area (Å²) < 4.78 is 1.90. The van der Waals surface area contributed by atoms with E-state index in [1.807, 2.05) is 11.7 Å². The molecular formula is C12H16N4. The number of nitrogens with zero attached hydrogens (tertiary/aromatic N) is 4. The van der Waals surface area contributed by atoms with Gasteiger partial charge in [-0.15, -0.1) is 0 Å². The van der Waals surface area contributed by atoms with Gasteiger partial charge in [0.15, 0.2) is 0 Å². The number of hydrogen-bond acceptors (Lipinski definition) is 3. The fourth-order valence-corrected chi connectivity index (χ4v) is 1.78. The lowest BCUT2D eigenvalue weighted by Crippen LogP contribution is -1.94. The second kappa shape index (κ2) is 4.04. The van der Waals surface area contributed by atoms with Crippen LogP contribution in [0.3, 0.4) is 0 Å². The molecule has 0 spiro atoms. The van der Waals surface area contributed by atoms with Crippen LogP contribution in [-0.4, -0.2) is 19.7 Å². The summed E-state index contributed by atoms with van der Waals surface area (Å²) in [6.07, 6.45) is 5.19. The van der Waals surface area contributed by atoms with Crippen LogP contribution in [0.1, 0.15) is 31.2 Å². The summed E-state index contributed by atoms with van der Waals surface area (Å²) in [6.45, 7) is 6.34. The van der Waals surface area contributed by atoms with Crippen LogP contribution in [0.5, 0.6) is 0 Å². The van der Waals surface area contributed by atoms with Crippen LogP contribution in [0.4, 0.5) is 0 Å². The molecule has 2 rings (SSSR count). The molecule has 0 saturated carbocycles. The third kappa shape index (κ3) is 1.71. The van der Waals surface area contributed by atoms with Gasteiger partial charge in [-0.05, 0) is 12.8 Å². The Balaban J connectivity index is 2.64. The van der Waals surface area contributed by atoms with Crippen LogP contribution in [0.25, 0.3) is 11.3 Å². The zero-order valence-corrected chi connectivity index (χ0v) is 10.1. The largest absolute Gasteiger partial charge is 0.272 e. The van der Waals surface area contributed by atoms with E-state index < -0.39 is 0 Å². The lowest BCUT2D eigenvalue weighted by molar-refractivity contribution is 0.698. The van der Waals surface area contributed by atoms with Crippen LogP contribution in [0.2, 0.25) is 0 Å². The van der Waals surface area contributed by atoms with Crippen molar-refractivity contribution >= 4 is 0 Å². The van der Waals surface area contributed by atoms with Gasteiger partial charge in [-0.1, -0.05) is 13.8 Å². The zero-order chi connectivity index (χ0) is 11.7. The first kappa shape index (κ1) is 10.8. The van der Waals surface area contributed by atoms with Gasteiger partial charge in [0.1, 0.15) is 0 Å². The van der Waals surface area contributed by atoms with Gasteiger partial charge in [-0.2, -0.15) is 5.10 Å². The summed E-state index contributed by atoms with van der Waals surface area (Å²) in [5.41, 5.74) is 4.23. The predicted molar refractivity (Wildman–Crippen MR) is 63.1 cm³/mol. The molecule has 84 valence electrons. The Morgan fingerprint density at radius 1 is 1.25 bits per heavy atom. The van der Waals surface area contributed by atoms with Crippen molar-refractivity contribution in [2.45, 2.75) is 26.7 Å². The van der Waals surface area contributed by atoms with E-state index in [-0.39, 0.29) is 0 Å². The van der Waals surface area contributed by atoms with Crippen LogP contribution < -0.4 is 0 Å². The average Bonchev–Trinajstić information content (AvgIpc) is 2.57. The van der Waals surface area contributed by atoms with Gasteiger partial charge in [-0.25, -0.2) is 0 Å². The molecule has 16 heavy (non-hydrogen) atoms. The van der Waals surface area contributed by atoms with Gasteiger partial charge in [0, 0.05) is 30.7 Å². The van der Waals surface area contributed by atoms with E-state index in [1.54, 1.807) is 18.6 Å². The van der Waals surface area contributed by atoms with Gasteiger partial charge in [-0.3, -0.25) is 14.6 Å². The smallest absolute Gasteiger partial charge is 0.0922 e. The molecule has 0 saturated heterocycles. The number of rotatable bonds is 2. The molecule has 2 heterocycles. The van der Waals surface area contributed by atoms with E-state index in [9.17, 15) is 0 Å². The summed E-state index contributed by atoms with van der Waals surface area (Å²) in [5.74, 6) is 0.386. The lowest BCUT2D eigenvalue weighted by Gasteiger charge is -2.04. The Morgan fingerprint density at radius 2 is 2.00 bits per heavy atom.